The number of hydrogen-bond acceptors (Lipinski definition) is 4. The number of unbranched alkanes of at least 4 members (excludes halogenated alkanes) is 2. The molecule has 24 heavy (non-hydrogen) atoms. The number of terminal acetylenes is 1. The van der Waals surface area contributed by atoms with Crippen molar-refractivity contribution < 1.29 is 9.53 Å². The predicted octanol–water partition coefficient (Wildman–Crippen LogP) is 2.99. The van der Waals surface area contributed by atoms with E-state index in [-0.39, 0.29) is 5.91 Å². The van der Waals surface area contributed by atoms with Crippen LogP contribution in [0.15, 0.2) is 17.5 Å². The molecule has 0 atom stereocenters. The smallest absolute Gasteiger partial charge is 0.222 e. The van der Waals surface area contributed by atoms with Gasteiger partial charge in [0.15, 0.2) is 0 Å². The Morgan fingerprint density at radius 2 is 2.17 bits per heavy atom. The van der Waals surface area contributed by atoms with Crippen molar-refractivity contribution in [2.75, 3.05) is 39.4 Å². The maximum Gasteiger partial charge on any atom is 0.222 e. The van der Waals surface area contributed by atoms with Crippen LogP contribution in [0.1, 0.15) is 37.0 Å². The summed E-state index contributed by atoms with van der Waals surface area (Å²) in [7, 11) is 0. The number of hydrogen-bond donors (Lipinski definition) is 0. The molecule has 132 valence electrons. The molecule has 0 unspecified atom stereocenters. The molecule has 2 heterocycles. The van der Waals surface area contributed by atoms with E-state index in [0.717, 1.165) is 71.6 Å². The summed E-state index contributed by atoms with van der Waals surface area (Å²) in [6.07, 6.45) is 9.47. The summed E-state index contributed by atoms with van der Waals surface area (Å²) >= 11 is 1.71. The van der Waals surface area contributed by atoms with Crippen molar-refractivity contribution in [1.29, 1.82) is 0 Å². The average Bonchev–Trinajstić information content (AvgIpc) is 3.12. The second-order valence-electron chi connectivity index (χ2n) is 6.11. The normalized spacial score (nSPS) is 15.1. The first-order valence-corrected chi connectivity index (χ1v) is 9.71. The number of ether oxygens (including phenoxy) is 1. The molecule has 4 nitrogen and oxygen atoms in total. The van der Waals surface area contributed by atoms with Crippen LogP contribution in [-0.2, 0) is 16.1 Å². The van der Waals surface area contributed by atoms with Crippen LogP contribution in [0.2, 0.25) is 0 Å². The van der Waals surface area contributed by atoms with Crippen LogP contribution in [0.4, 0.5) is 0 Å². The highest BCUT2D eigenvalue weighted by atomic mass is 32.1. The molecule has 0 aromatic carbocycles. The molecule has 1 aromatic rings. The lowest BCUT2D eigenvalue weighted by atomic mass is 10.1. The van der Waals surface area contributed by atoms with Crippen molar-refractivity contribution in [3.8, 4) is 12.3 Å². The lowest BCUT2D eigenvalue weighted by Gasteiger charge is -2.28. The molecule has 0 N–H and O–H groups in total. The van der Waals surface area contributed by atoms with E-state index in [0.29, 0.717) is 6.42 Å². The Hall–Kier alpha value is -1.35. The molecule has 1 saturated heterocycles. The summed E-state index contributed by atoms with van der Waals surface area (Å²) in [5.41, 5.74) is 0. The maximum absolute atomic E-state index is 12.6. The number of carbonyl (C=O) groups is 1. The van der Waals surface area contributed by atoms with E-state index in [9.17, 15) is 4.79 Å². The minimum absolute atomic E-state index is 0.252. The van der Waals surface area contributed by atoms with Crippen LogP contribution in [0.5, 0.6) is 0 Å². The minimum Gasteiger partial charge on any atom is -0.379 e. The molecular formula is C19H28N2O2S. The molecule has 5 heteroatoms. The number of thiophene rings is 1. The van der Waals surface area contributed by atoms with Crippen LogP contribution in [0.3, 0.4) is 0 Å². The van der Waals surface area contributed by atoms with Gasteiger partial charge in [0.05, 0.1) is 19.8 Å². The van der Waals surface area contributed by atoms with Crippen molar-refractivity contribution in [3.63, 3.8) is 0 Å². The first-order chi connectivity index (χ1) is 11.8. The summed E-state index contributed by atoms with van der Waals surface area (Å²) in [4.78, 5) is 18.2. The van der Waals surface area contributed by atoms with Crippen molar-refractivity contribution in [3.05, 3.63) is 22.4 Å². The molecule has 1 amide bonds. The van der Waals surface area contributed by atoms with E-state index in [1.165, 1.54) is 4.88 Å². The Labute approximate surface area is 149 Å². The summed E-state index contributed by atoms with van der Waals surface area (Å²) in [6.45, 7) is 6.25. The van der Waals surface area contributed by atoms with Crippen LogP contribution in [-0.4, -0.2) is 55.1 Å². The van der Waals surface area contributed by atoms with Gasteiger partial charge in [0.2, 0.25) is 5.91 Å². The van der Waals surface area contributed by atoms with Crippen molar-refractivity contribution in [1.82, 2.24) is 9.80 Å². The van der Waals surface area contributed by atoms with Gasteiger partial charge in [0, 0.05) is 43.9 Å². The Morgan fingerprint density at radius 1 is 1.33 bits per heavy atom. The van der Waals surface area contributed by atoms with Crippen LogP contribution in [0.25, 0.3) is 0 Å². The molecule has 2 rings (SSSR count). The second kappa shape index (κ2) is 11.2. The quantitative estimate of drug-likeness (QED) is 0.481. The van der Waals surface area contributed by atoms with Gasteiger partial charge in [-0.1, -0.05) is 6.07 Å². The van der Waals surface area contributed by atoms with Crippen LogP contribution >= 0.6 is 11.3 Å². The Balaban J connectivity index is 1.77. The first-order valence-electron chi connectivity index (χ1n) is 8.83. The molecule has 1 aliphatic rings. The summed E-state index contributed by atoms with van der Waals surface area (Å²) in [6, 6.07) is 4.15. The molecule has 0 radical (unpaired) electrons. The zero-order chi connectivity index (χ0) is 17.0. The van der Waals surface area contributed by atoms with E-state index in [1.807, 2.05) is 11.0 Å². The Morgan fingerprint density at radius 3 is 2.88 bits per heavy atom. The predicted molar refractivity (Wildman–Crippen MR) is 98.9 cm³/mol. The lowest BCUT2D eigenvalue weighted by molar-refractivity contribution is -0.132. The summed E-state index contributed by atoms with van der Waals surface area (Å²) in [5.74, 6) is 2.89. The molecule has 1 aromatic heterocycles. The number of morpholine rings is 1. The highest BCUT2D eigenvalue weighted by Gasteiger charge is 2.15. The van der Waals surface area contributed by atoms with Crippen LogP contribution < -0.4 is 0 Å². The fourth-order valence-corrected chi connectivity index (χ4v) is 3.57. The van der Waals surface area contributed by atoms with E-state index in [2.05, 4.69) is 22.3 Å². The summed E-state index contributed by atoms with van der Waals surface area (Å²) in [5, 5.41) is 2.07. The Kier molecular flexibility index (Phi) is 8.90. The molecule has 0 bridgehead atoms. The van der Waals surface area contributed by atoms with Gasteiger partial charge in [0.25, 0.3) is 0 Å². The fraction of sp³-hybridized carbons (Fsp3) is 0.632. The van der Waals surface area contributed by atoms with Gasteiger partial charge >= 0.3 is 0 Å². The average molecular weight is 349 g/mol. The maximum atomic E-state index is 12.6. The zero-order valence-electron chi connectivity index (χ0n) is 14.4. The van der Waals surface area contributed by atoms with Gasteiger partial charge in [-0.05, 0) is 30.7 Å². The van der Waals surface area contributed by atoms with Gasteiger partial charge in [-0.3, -0.25) is 9.69 Å². The topological polar surface area (TPSA) is 32.8 Å². The molecule has 0 spiro atoms. The van der Waals surface area contributed by atoms with E-state index < -0.39 is 0 Å². The van der Waals surface area contributed by atoms with Gasteiger partial charge in [-0.15, -0.1) is 23.7 Å². The summed E-state index contributed by atoms with van der Waals surface area (Å²) < 4.78 is 5.38. The standard InChI is InChI=1S/C19H28N2O2S/c1-2-3-4-5-9-19(22)21(17-18-8-6-16-24-18)11-7-10-20-12-14-23-15-13-20/h1,6,8,16H,3-5,7,9-15,17H2. The van der Waals surface area contributed by atoms with Gasteiger partial charge in [-0.2, -0.15) is 0 Å². The third-order valence-electron chi connectivity index (χ3n) is 4.25. The first kappa shape index (κ1) is 19.0. The van der Waals surface area contributed by atoms with Crippen molar-refractivity contribution in [2.45, 2.75) is 38.6 Å². The van der Waals surface area contributed by atoms with Crippen molar-refractivity contribution in [2.24, 2.45) is 0 Å². The minimum atomic E-state index is 0.252. The molecule has 1 aliphatic heterocycles. The monoisotopic (exact) mass is 348 g/mol. The highest BCUT2D eigenvalue weighted by Crippen LogP contribution is 2.14. The lowest BCUT2D eigenvalue weighted by Crippen LogP contribution is -2.39. The van der Waals surface area contributed by atoms with E-state index in [1.54, 1.807) is 11.3 Å². The fourth-order valence-electron chi connectivity index (χ4n) is 2.85. The van der Waals surface area contributed by atoms with E-state index in [4.69, 9.17) is 11.2 Å². The largest absolute Gasteiger partial charge is 0.379 e. The third-order valence-corrected chi connectivity index (χ3v) is 5.11. The SMILES string of the molecule is C#CCCCCC(=O)N(CCCN1CCOCC1)Cc1cccs1. The molecule has 0 aliphatic carbocycles. The van der Waals surface area contributed by atoms with Crippen LogP contribution in [0, 0.1) is 12.3 Å². The third kappa shape index (κ3) is 7.04. The number of rotatable bonds is 10. The Bertz CT molecular complexity index is 504. The van der Waals surface area contributed by atoms with Gasteiger partial charge < -0.3 is 9.64 Å². The number of nitrogens with zero attached hydrogens (tertiary/aromatic N) is 2. The second-order valence-corrected chi connectivity index (χ2v) is 7.15. The van der Waals surface area contributed by atoms with Crippen molar-refractivity contribution >= 4 is 17.2 Å². The number of amides is 1. The highest BCUT2D eigenvalue weighted by molar-refractivity contribution is 7.09. The molecule has 1 fully saturated rings. The number of carbonyl (C=O) groups excluding carboxylic acids is 1. The molecular weight excluding hydrogens is 320 g/mol. The van der Waals surface area contributed by atoms with E-state index >= 15 is 0 Å². The van der Waals surface area contributed by atoms with Gasteiger partial charge in [-0.25, -0.2) is 0 Å². The van der Waals surface area contributed by atoms with Gasteiger partial charge in [0.1, 0.15) is 0 Å². The molecule has 0 saturated carbocycles. The zero-order valence-corrected chi connectivity index (χ0v) is 15.2.